The Morgan fingerprint density at radius 1 is 1.25 bits per heavy atom. The van der Waals surface area contributed by atoms with Crippen LogP contribution in [0.15, 0.2) is 42.6 Å². The molecule has 1 N–H and O–H groups in total. The average Bonchev–Trinajstić information content (AvgIpc) is 2.49. The van der Waals surface area contributed by atoms with Crippen LogP contribution in [-0.4, -0.2) is 11.0 Å². The number of aromatic nitrogens is 1. The molecule has 3 heteroatoms. The predicted octanol–water partition coefficient (Wildman–Crippen LogP) is 3.69. The first-order valence-electron chi connectivity index (χ1n) is 6.90. The van der Waals surface area contributed by atoms with Crippen molar-refractivity contribution >= 4 is 5.82 Å². The van der Waals surface area contributed by atoms with Crippen molar-refractivity contribution in [1.82, 2.24) is 4.98 Å². The Kier molecular flexibility index (Phi) is 4.73. The smallest absolute Gasteiger partial charge is 0.144 e. The van der Waals surface area contributed by atoms with E-state index in [-0.39, 0.29) is 6.04 Å². The number of nitrogens with zero attached hydrogens (tertiary/aromatic N) is 2. The third-order valence-electron chi connectivity index (χ3n) is 3.36. The lowest BCUT2D eigenvalue weighted by molar-refractivity contribution is 0.686. The second-order valence-corrected chi connectivity index (χ2v) is 4.95. The summed E-state index contributed by atoms with van der Waals surface area (Å²) in [6, 6.07) is 14.6. The van der Waals surface area contributed by atoms with Gasteiger partial charge >= 0.3 is 0 Å². The summed E-state index contributed by atoms with van der Waals surface area (Å²) in [5.74, 6) is 0.675. The molecule has 0 radical (unpaired) electrons. The van der Waals surface area contributed by atoms with Crippen LogP contribution in [0.3, 0.4) is 0 Å². The fourth-order valence-electron chi connectivity index (χ4n) is 2.11. The van der Waals surface area contributed by atoms with Crippen molar-refractivity contribution in [3.63, 3.8) is 0 Å². The monoisotopic (exact) mass is 265 g/mol. The van der Waals surface area contributed by atoms with Gasteiger partial charge in [-0.3, -0.25) is 0 Å². The van der Waals surface area contributed by atoms with E-state index in [0.29, 0.717) is 11.4 Å². The van der Waals surface area contributed by atoms with Crippen molar-refractivity contribution in [3.05, 3.63) is 59.3 Å². The van der Waals surface area contributed by atoms with Gasteiger partial charge in [-0.25, -0.2) is 4.98 Å². The number of pyridine rings is 1. The molecule has 1 aromatic carbocycles. The van der Waals surface area contributed by atoms with Gasteiger partial charge in [0.15, 0.2) is 0 Å². The Morgan fingerprint density at radius 2 is 2.00 bits per heavy atom. The highest BCUT2D eigenvalue weighted by atomic mass is 15.0. The number of nitriles is 1. The molecule has 0 bridgehead atoms. The van der Waals surface area contributed by atoms with E-state index in [9.17, 15) is 0 Å². The van der Waals surface area contributed by atoms with Crippen LogP contribution in [-0.2, 0) is 6.42 Å². The normalized spacial score (nSPS) is 11.7. The quantitative estimate of drug-likeness (QED) is 0.896. The molecular formula is C17H19N3. The Labute approximate surface area is 120 Å². The molecule has 2 aromatic rings. The lowest BCUT2D eigenvalue weighted by atomic mass is 10.0. The predicted molar refractivity (Wildman–Crippen MR) is 81.5 cm³/mol. The number of rotatable bonds is 5. The standard InChI is InChI=1S/C17H19N3/c1-3-16(11-14-8-6-13(2)7-9-14)20-17-15(12-18)5-4-10-19-17/h4-10,16H,3,11H2,1-2H3,(H,19,20). The van der Waals surface area contributed by atoms with E-state index < -0.39 is 0 Å². The molecule has 2 rings (SSSR count). The summed E-state index contributed by atoms with van der Waals surface area (Å²) in [6.45, 7) is 4.23. The molecule has 0 spiro atoms. The van der Waals surface area contributed by atoms with Crippen LogP contribution in [0.1, 0.15) is 30.0 Å². The van der Waals surface area contributed by atoms with E-state index in [1.165, 1.54) is 11.1 Å². The van der Waals surface area contributed by atoms with E-state index in [1.54, 1.807) is 18.3 Å². The third-order valence-corrected chi connectivity index (χ3v) is 3.36. The topological polar surface area (TPSA) is 48.7 Å². The largest absolute Gasteiger partial charge is 0.366 e. The van der Waals surface area contributed by atoms with Gasteiger partial charge in [0.25, 0.3) is 0 Å². The first-order valence-corrected chi connectivity index (χ1v) is 6.90. The van der Waals surface area contributed by atoms with Gasteiger partial charge in [0.2, 0.25) is 0 Å². The molecule has 1 aromatic heterocycles. The SMILES string of the molecule is CCC(Cc1ccc(C)cc1)Nc1ncccc1C#N. The van der Waals surface area contributed by atoms with Crippen LogP contribution in [0, 0.1) is 18.3 Å². The summed E-state index contributed by atoms with van der Waals surface area (Å²) in [4.78, 5) is 4.26. The number of nitrogens with one attached hydrogen (secondary N) is 1. The molecule has 0 fully saturated rings. The van der Waals surface area contributed by atoms with Crippen molar-refractivity contribution in [1.29, 1.82) is 5.26 Å². The van der Waals surface area contributed by atoms with E-state index >= 15 is 0 Å². The van der Waals surface area contributed by atoms with Crippen LogP contribution in [0.2, 0.25) is 0 Å². The molecule has 0 aliphatic heterocycles. The van der Waals surface area contributed by atoms with Crippen LogP contribution in [0.4, 0.5) is 5.82 Å². The van der Waals surface area contributed by atoms with Gasteiger partial charge in [0.05, 0.1) is 5.56 Å². The minimum atomic E-state index is 0.278. The third kappa shape index (κ3) is 3.58. The number of hydrogen-bond acceptors (Lipinski definition) is 3. The van der Waals surface area contributed by atoms with Crippen molar-refractivity contribution in [2.45, 2.75) is 32.7 Å². The van der Waals surface area contributed by atoms with Crippen molar-refractivity contribution < 1.29 is 0 Å². The van der Waals surface area contributed by atoms with Gasteiger partial charge in [-0.2, -0.15) is 5.26 Å². The Hall–Kier alpha value is -2.34. The highest BCUT2D eigenvalue weighted by Crippen LogP contribution is 2.15. The molecule has 102 valence electrons. The zero-order valence-corrected chi connectivity index (χ0v) is 11.9. The Bertz CT molecular complexity index is 596. The van der Waals surface area contributed by atoms with E-state index in [2.05, 4.69) is 54.5 Å². The van der Waals surface area contributed by atoms with Crippen LogP contribution < -0.4 is 5.32 Å². The molecular weight excluding hydrogens is 246 g/mol. The highest BCUT2D eigenvalue weighted by Gasteiger charge is 2.10. The van der Waals surface area contributed by atoms with Crippen LogP contribution in [0.5, 0.6) is 0 Å². The minimum Gasteiger partial charge on any atom is -0.366 e. The second kappa shape index (κ2) is 6.72. The van der Waals surface area contributed by atoms with Crippen molar-refractivity contribution in [2.75, 3.05) is 5.32 Å². The summed E-state index contributed by atoms with van der Waals surface area (Å²) in [5.41, 5.74) is 3.16. The molecule has 3 nitrogen and oxygen atoms in total. The van der Waals surface area contributed by atoms with Gasteiger partial charge in [-0.05, 0) is 37.5 Å². The van der Waals surface area contributed by atoms with Gasteiger partial charge in [0.1, 0.15) is 11.9 Å². The molecule has 0 amide bonds. The molecule has 0 saturated carbocycles. The average molecular weight is 265 g/mol. The maximum absolute atomic E-state index is 9.09. The molecule has 20 heavy (non-hydrogen) atoms. The summed E-state index contributed by atoms with van der Waals surface area (Å²) >= 11 is 0. The fraction of sp³-hybridized carbons (Fsp3) is 0.294. The van der Waals surface area contributed by atoms with Crippen molar-refractivity contribution in [3.8, 4) is 6.07 Å². The van der Waals surface area contributed by atoms with Crippen LogP contribution >= 0.6 is 0 Å². The molecule has 0 aliphatic rings. The summed E-state index contributed by atoms with van der Waals surface area (Å²) < 4.78 is 0. The first kappa shape index (κ1) is 14.1. The minimum absolute atomic E-state index is 0.278. The number of benzene rings is 1. The van der Waals surface area contributed by atoms with Crippen molar-refractivity contribution in [2.24, 2.45) is 0 Å². The Morgan fingerprint density at radius 3 is 2.65 bits per heavy atom. The van der Waals surface area contributed by atoms with Gasteiger partial charge in [-0.1, -0.05) is 36.8 Å². The lowest BCUT2D eigenvalue weighted by Crippen LogP contribution is -2.22. The summed E-state index contributed by atoms with van der Waals surface area (Å²) in [5, 5.41) is 12.5. The zero-order valence-electron chi connectivity index (χ0n) is 11.9. The maximum Gasteiger partial charge on any atom is 0.144 e. The van der Waals surface area contributed by atoms with Gasteiger partial charge in [-0.15, -0.1) is 0 Å². The number of anilines is 1. The van der Waals surface area contributed by atoms with Gasteiger partial charge in [0, 0.05) is 12.2 Å². The lowest BCUT2D eigenvalue weighted by Gasteiger charge is -2.18. The number of hydrogen-bond donors (Lipinski definition) is 1. The van der Waals surface area contributed by atoms with Gasteiger partial charge < -0.3 is 5.32 Å². The van der Waals surface area contributed by atoms with E-state index in [4.69, 9.17) is 5.26 Å². The molecule has 0 saturated heterocycles. The second-order valence-electron chi connectivity index (χ2n) is 4.95. The molecule has 1 heterocycles. The maximum atomic E-state index is 9.09. The first-order chi connectivity index (χ1) is 9.72. The Balaban J connectivity index is 2.09. The van der Waals surface area contributed by atoms with Crippen LogP contribution in [0.25, 0.3) is 0 Å². The van der Waals surface area contributed by atoms with E-state index in [0.717, 1.165) is 12.8 Å². The summed E-state index contributed by atoms with van der Waals surface area (Å²) in [6.07, 6.45) is 3.62. The zero-order chi connectivity index (χ0) is 14.4. The molecule has 1 unspecified atom stereocenters. The summed E-state index contributed by atoms with van der Waals surface area (Å²) in [7, 11) is 0. The molecule has 0 aliphatic carbocycles. The fourth-order valence-corrected chi connectivity index (χ4v) is 2.11. The van der Waals surface area contributed by atoms with E-state index in [1.807, 2.05) is 0 Å². The molecule has 1 atom stereocenters. The highest BCUT2D eigenvalue weighted by molar-refractivity contribution is 5.51. The number of aryl methyl sites for hydroxylation is 1.